The summed E-state index contributed by atoms with van der Waals surface area (Å²) in [5.41, 5.74) is -13.0. The second-order valence-corrected chi connectivity index (χ2v) is 24.5. The van der Waals surface area contributed by atoms with E-state index in [-0.39, 0.29) is 36.4 Å². The Kier molecular flexibility index (Phi) is 18.3. The maximum absolute atomic E-state index is 15.2. The zero-order valence-corrected chi connectivity index (χ0v) is 54.9. The summed E-state index contributed by atoms with van der Waals surface area (Å²) >= 11 is 0. The van der Waals surface area contributed by atoms with Crippen molar-refractivity contribution < 1.29 is 218 Å². The van der Waals surface area contributed by atoms with E-state index < -0.39 is 339 Å². The Morgan fingerprint density at radius 1 is 0.330 bits per heavy atom. The number of rotatable bonds is 4. The van der Waals surface area contributed by atoms with Crippen LogP contribution in [0.3, 0.4) is 0 Å². The van der Waals surface area contributed by atoms with Crippen LogP contribution in [0.5, 0.6) is 161 Å². The van der Waals surface area contributed by atoms with Crippen molar-refractivity contribution in [2.45, 2.75) is 61.7 Å². The number of aliphatic hydroxyl groups excluding tert-OH is 2. The fraction of sp³-hybridized carbons (Fsp3) is 0.176. The lowest BCUT2D eigenvalue weighted by Crippen LogP contribution is -2.62. The first-order valence-electron chi connectivity index (χ1n) is 31.2. The van der Waals surface area contributed by atoms with E-state index in [0.29, 0.717) is 24.3 Å². The van der Waals surface area contributed by atoms with Crippen molar-refractivity contribution in [2.75, 3.05) is 6.61 Å². The van der Waals surface area contributed by atoms with Crippen LogP contribution in [-0.4, -0.2) is 232 Å². The number of hydrogen-bond acceptors (Lipinski definition) is 44. The van der Waals surface area contributed by atoms with E-state index in [1.165, 1.54) is 0 Å². The number of benzene rings is 8. The molecule has 8 aromatic carbocycles. The van der Waals surface area contributed by atoms with Gasteiger partial charge < -0.3 is 179 Å². The molecule has 6 aliphatic rings. The number of esters is 8. The molecule has 6 aliphatic heterocycles. The third-order valence-electron chi connectivity index (χ3n) is 17.7. The van der Waals surface area contributed by atoms with E-state index in [2.05, 4.69) is 0 Å². The molecule has 0 saturated carbocycles. The van der Waals surface area contributed by atoms with Crippen molar-refractivity contribution in [3.05, 3.63) is 94.0 Å². The topological polar surface area (TPSA) is 733 Å². The number of phenols is 22. The first-order chi connectivity index (χ1) is 52.8. The normalized spacial score (nSPS) is 21.4. The number of carbonyl (C=O) groups is 8. The van der Waals surface area contributed by atoms with Gasteiger partial charge in [-0.1, -0.05) is 0 Å². The minimum atomic E-state index is -2.98. The lowest BCUT2D eigenvalue weighted by molar-refractivity contribution is -0.284. The molecule has 24 N–H and O–H groups in total. The van der Waals surface area contributed by atoms with Crippen LogP contribution in [0.15, 0.2) is 60.7 Å². The third kappa shape index (κ3) is 12.5. The predicted molar refractivity (Wildman–Crippen MR) is 344 cm³/mol. The van der Waals surface area contributed by atoms with Crippen molar-refractivity contribution in [3.8, 4) is 183 Å². The summed E-state index contributed by atoms with van der Waals surface area (Å²) in [4.78, 5) is 119. The highest BCUT2D eigenvalue weighted by atomic mass is 16.7. The molecule has 0 aromatic heterocycles. The summed E-state index contributed by atoms with van der Waals surface area (Å²) in [6, 6.07) is 3.05. The number of ether oxygens (including phenoxy) is 12. The molecule has 0 radical (unpaired) electrons. The largest absolute Gasteiger partial charge is 0.504 e. The van der Waals surface area contributed by atoms with Gasteiger partial charge in [0, 0.05) is 41.0 Å². The minimum absolute atomic E-state index is 0.172. The van der Waals surface area contributed by atoms with Gasteiger partial charge in [-0.05, 0) is 36.4 Å². The Bertz CT molecular complexity index is 5420. The van der Waals surface area contributed by atoms with Crippen molar-refractivity contribution in [1.82, 2.24) is 0 Å². The number of hydrogen-bond donors (Lipinski definition) is 24. The standard InChI is InChI=1S/C68H48O44/c69-19-1-13(2-20(70)39(19)78)60(92)110-57-38-66(98)105-30-9-26(76)44(83)52(91)54(30)104-28-8-17-35(49(88)45(28)84)34-15(5-23(73)41(80)47(34)86)63(95)109-56-32(12-101-62(17)94)107-68(100)59(58(56)111-61(93)14-3-21(71)40(79)22(72)4-14)112-65(97)18-7-25(75)43(82)51(90)53(18)103-29-10-27-37(50(89)46(29)85)36-16(6-24(74)42(81)48(36)87)64(96)108-55(57)31(106-67(38)99)11-33(77)102-27/h1-10,31-32,38,55-59,67-76,78-91,99-100H,11-12H2. The molecule has 584 valence electrons. The van der Waals surface area contributed by atoms with Gasteiger partial charge in [-0.3, -0.25) is 9.59 Å². The second-order valence-electron chi connectivity index (χ2n) is 24.5. The molecule has 0 aliphatic carbocycles. The van der Waals surface area contributed by atoms with Crippen molar-refractivity contribution in [2.24, 2.45) is 5.92 Å². The molecular formula is C68H48O44. The van der Waals surface area contributed by atoms with E-state index in [0.717, 1.165) is 0 Å². The van der Waals surface area contributed by atoms with Crippen LogP contribution in [0, 0.1) is 5.92 Å². The highest BCUT2D eigenvalue weighted by molar-refractivity contribution is 6.09. The molecule has 10 unspecified atom stereocenters. The lowest BCUT2D eigenvalue weighted by atomic mass is 9.88. The smallest absolute Gasteiger partial charge is 0.342 e. The van der Waals surface area contributed by atoms with Gasteiger partial charge in [-0.15, -0.1) is 0 Å². The zero-order chi connectivity index (χ0) is 81.3. The van der Waals surface area contributed by atoms with Gasteiger partial charge in [0.15, 0.2) is 147 Å². The molecule has 0 amide bonds. The molecule has 112 heavy (non-hydrogen) atoms. The Hall–Kier alpha value is -15.4. The maximum Gasteiger partial charge on any atom is 0.342 e. The van der Waals surface area contributed by atoms with Crippen LogP contribution in [0.25, 0.3) is 22.3 Å². The van der Waals surface area contributed by atoms with Crippen molar-refractivity contribution >= 4 is 47.8 Å². The summed E-state index contributed by atoms with van der Waals surface area (Å²) in [5.74, 6) is -61.8. The van der Waals surface area contributed by atoms with Crippen LogP contribution < -0.4 is 18.9 Å². The fourth-order valence-corrected chi connectivity index (χ4v) is 12.3. The molecule has 9 bridgehead atoms. The van der Waals surface area contributed by atoms with Gasteiger partial charge in [-0.25, -0.2) is 28.8 Å². The average molecular weight is 1570 g/mol. The molecule has 6 heterocycles. The van der Waals surface area contributed by atoms with E-state index in [1.807, 2.05) is 0 Å². The lowest BCUT2D eigenvalue weighted by Gasteiger charge is -2.42. The summed E-state index contributed by atoms with van der Waals surface area (Å²) < 4.78 is 67.5. The van der Waals surface area contributed by atoms with Crippen LogP contribution >= 0.6 is 0 Å². The molecule has 44 nitrogen and oxygen atoms in total. The Morgan fingerprint density at radius 3 is 1.26 bits per heavy atom. The molecule has 0 spiro atoms. The Balaban J connectivity index is 1.06. The Morgan fingerprint density at radius 2 is 0.723 bits per heavy atom. The second kappa shape index (κ2) is 27.4. The van der Waals surface area contributed by atoms with Gasteiger partial charge in [0.05, 0.1) is 39.8 Å². The molecule has 44 heteroatoms. The molecule has 10 atom stereocenters. The first kappa shape index (κ1) is 74.8. The van der Waals surface area contributed by atoms with Gasteiger partial charge in [-0.2, -0.15) is 0 Å². The highest BCUT2D eigenvalue weighted by Gasteiger charge is 2.57. The molecule has 14 rings (SSSR count). The SMILES string of the molecule is O=C1CC2OC(O)C3C(=O)Oc4cc(O)c(O)c(O)c4Oc4cc5c(c(O)c4O)-c4c(cc(O)c(O)c4O)C(=O)OC4C(COC5=O)OC(O)C(OC(=O)c5cc(O)c(O)c(O)c5Oc5cc(c(c(O)c5O)-c5c(cc(O)c(O)c5O)C(=O)OC2C3OC(=O)c2cc(O)c(O)c(O)c2)O1)C4OC(=O)c1cc(O)c(O)c(O)c1. The summed E-state index contributed by atoms with van der Waals surface area (Å²) in [5, 5.41) is 269. The number of aromatic hydroxyl groups is 22. The number of aliphatic hydroxyl groups is 2. The van der Waals surface area contributed by atoms with Crippen LogP contribution in [0.1, 0.15) is 68.6 Å². The number of carbonyl (C=O) groups excluding carboxylic acids is 8. The van der Waals surface area contributed by atoms with Gasteiger partial charge in [0.2, 0.25) is 51.7 Å². The zero-order valence-electron chi connectivity index (χ0n) is 54.9. The van der Waals surface area contributed by atoms with E-state index in [4.69, 9.17) is 56.8 Å². The molecule has 2 fully saturated rings. The summed E-state index contributed by atoms with van der Waals surface area (Å²) in [7, 11) is 0. The van der Waals surface area contributed by atoms with Gasteiger partial charge in [0.1, 0.15) is 36.0 Å². The maximum atomic E-state index is 15.2. The van der Waals surface area contributed by atoms with Crippen LogP contribution in [0.2, 0.25) is 0 Å². The summed E-state index contributed by atoms with van der Waals surface area (Å²) in [6.45, 7) is -1.52. The van der Waals surface area contributed by atoms with Gasteiger partial charge >= 0.3 is 47.8 Å². The third-order valence-corrected chi connectivity index (χ3v) is 17.7. The monoisotopic (exact) mass is 1570 g/mol. The van der Waals surface area contributed by atoms with Crippen molar-refractivity contribution in [3.63, 3.8) is 0 Å². The quantitative estimate of drug-likeness (QED) is 0.0520. The molecule has 2 saturated heterocycles. The van der Waals surface area contributed by atoms with Gasteiger partial charge in [0.25, 0.3) is 0 Å². The average Bonchev–Trinajstić information content (AvgIpc) is 1.13. The van der Waals surface area contributed by atoms with Crippen LogP contribution in [-0.2, 0) is 47.5 Å². The van der Waals surface area contributed by atoms with E-state index >= 15 is 19.2 Å². The minimum Gasteiger partial charge on any atom is -0.504 e. The van der Waals surface area contributed by atoms with Crippen molar-refractivity contribution in [1.29, 1.82) is 0 Å². The highest BCUT2D eigenvalue weighted by Crippen LogP contribution is 2.60. The molecular weight excluding hydrogens is 1520 g/mol. The fourth-order valence-electron chi connectivity index (χ4n) is 12.3. The Labute approximate surface area is 615 Å². The van der Waals surface area contributed by atoms with Crippen LogP contribution in [0.4, 0.5) is 0 Å². The number of phenolic OH excluding ortho intramolecular Hbond substituents is 22. The first-order valence-corrected chi connectivity index (χ1v) is 31.2. The van der Waals surface area contributed by atoms with E-state index in [1.54, 1.807) is 0 Å². The number of fused-ring (bicyclic) bond motifs is 7. The molecule has 8 aromatic rings. The summed E-state index contributed by atoms with van der Waals surface area (Å²) in [6.07, 6.45) is -26.3. The predicted octanol–water partition coefficient (Wildman–Crippen LogP) is 2.31. The van der Waals surface area contributed by atoms with E-state index in [9.17, 15) is 142 Å².